The van der Waals surface area contributed by atoms with Crippen molar-refractivity contribution in [1.82, 2.24) is 15.5 Å². The van der Waals surface area contributed by atoms with Crippen LogP contribution in [0.15, 0.2) is 36.4 Å². The molecule has 2 N–H and O–H groups in total. The highest BCUT2D eigenvalue weighted by Gasteiger charge is 2.38. The number of hydrogen-bond donors (Lipinski definition) is 2. The number of halogens is 1. The molecule has 0 spiro atoms. The summed E-state index contributed by atoms with van der Waals surface area (Å²) in [6.45, 7) is 0.550. The topological polar surface area (TPSA) is 95.6 Å². The van der Waals surface area contributed by atoms with Gasteiger partial charge >= 0.3 is 0 Å². The van der Waals surface area contributed by atoms with E-state index in [1.807, 2.05) is 6.07 Å². The van der Waals surface area contributed by atoms with E-state index in [9.17, 15) is 23.6 Å². The van der Waals surface area contributed by atoms with Crippen LogP contribution >= 0.6 is 11.3 Å². The molecular weight excluding hydrogens is 409 g/mol. The summed E-state index contributed by atoms with van der Waals surface area (Å²) < 4.78 is 13.0. The Morgan fingerprint density at radius 1 is 1.27 bits per heavy atom. The van der Waals surface area contributed by atoms with Gasteiger partial charge in [-0.1, -0.05) is 12.1 Å². The first-order valence-electron chi connectivity index (χ1n) is 9.38. The lowest BCUT2D eigenvalue weighted by Crippen LogP contribution is -2.52. The molecule has 1 aromatic heterocycles. The van der Waals surface area contributed by atoms with Crippen molar-refractivity contribution < 1.29 is 23.6 Å². The molecule has 0 aliphatic carbocycles. The van der Waals surface area contributed by atoms with Crippen molar-refractivity contribution in [1.29, 1.82) is 0 Å². The SMILES string of the molecule is O=C(C=Cc1ccc(F)s1)NCc1ccc2c(c1)CN(C1CCC(=O)NC1=O)C2=O. The molecule has 1 unspecified atom stereocenters. The third-order valence-corrected chi connectivity index (χ3v) is 5.89. The Morgan fingerprint density at radius 2 is 2.10 bits per heavy atom. The molecule has 2 aliphatic heterocycles. The van der Waals surface area contributed by atoms with E-state index in [0.29, 0.717) is 16.9 Å². The molecule has 1 saturated heterocycles. The lowest BCUT2D eigenvalue weighted by molar-refractivity contribution is -0.137. The van der Waals surface area contributed by atoms with Gasteiger partial charge in [0, 0.05) is 36.0 Å². The summed E-state index contributed by atoms with van der Waals surface area (Å²) in [7, 11) is 0. The van der Waals surface area contributed by atoms with Crippen LogP contribution in [-0.2, 0) is 27.5 Å². The van der Waals surface area contributed by atoms with Crippen LogP contribution in [0.25, 0.3) is 6.08 Å². The predicted octanol–water partition coefficient (Wildman–Crippen LogP) is 1.98. The van der Waals surface area contributed by atoms with Gasteiger partial charge in [0.05, 0.1) is 0 Å². The zero-order chi connectivity index (χ0) is 21.3. The number of nitrogens with one attached hydrogen (secondary N) is 2. The fourth-order valence-electron chi connectivity index (χ4n) is 3.56. The van der Waals surface area contributed by atoms with Gasteiger partial charge in [-0.05, 0) is 41.8 Å². The Morgan fingerprint density at radius 3 is 2.83 bits per heavy atom. The van der Waals surface area contributed by atoms with Crippen molar-refractivity contribution in [3.05, 3.63) is 63.1 Å². The van der Waals surface area contributed by atoms with E-state index in [2.05, 4.69) is 10.6 Å². The van der Waals surface area contributed by atoms with Crippen LogP contribution in [-0.4, -0.2) is 34.6 Å². The largest absolute Gasteiger partial charge is 0.348 e. The molecule has 4 amide bonds. The molecule has 1 aromatic carbocycles. The van der Waals surface area contributed by atoms with Gasteiger partial charge in [-0.3, -0.25) is 24.5 Å². The van der Waals surface area contributed by atoms with Crippen LogP contribution in [0.1, 0.15) is 39.2 Å². The number of piperidine rings is 1. The number of carbonyl (C=O) groups is 4. The Hall–Kier alpha value is -3.33. The van der Waals surface area contributed by atoms with Crippen molar-refractivity contribution in [2.24, 2.45) is 0 Å². The predicted molar refractivity (Wildman–Crippen MR) is 108 cm³/mol. The number of nitrogens with zero attached hydrogens (tertiary/aromatic N) is 1. The molecule has 0 bridgehead atoms. The van der Waals surface area contributed by atoms with Crippen molar-refractivity contribution in [2.45, 2.75) is 32.0 Å². The minimum absolute atomic E-state index is 0.208. The number of carbonyl (C=O) groups excluding carboxylic acids is 4. The summed E-state index contributed by atoms with van der Waals surface area (Å²) >= 11 is 0.953. The Balaban J connectivity index is 1.38. The second-order valence-corrected chi connectivity index (χ2v) is 8.15. The molecular formula is C21H18FN3O4S. The Bertz CT molecular complexity index is 1080. The van der Waals surface area contributed by atoms with Gasteiger partial charge in [0.15, 0.2) is 5.13 Å². The van der Waals surface area contributed by atoms with Crippen LogP contribution in [0.4, 0.5) is 4.39 Å². The summed E-state index contributed by atoms with van der Waals surface area (Å²) in [5.74, 6) is -1.32. The van der Waals surface area contributed by atoms with E-state index in [0.717, 1.165) is 22.5 Å². The summed E-state index contributed by atoms with van der Waals surface area (Å²) in [5.41, 5.74) is 2.12. The number of imide groups is 1. The quantitative estimate of drug-likeness (QED) is 0.563. The zero-order valence-corrected chi connectivity index (χ0v) is 16.6. The minimum atomic E-state index is -0.655. The van der Waals surface area contributed by atoms with E-state index in [-0.39, 0.29) is 42.4 Å². The average molecular weight is 427 g/mol. The number of hydrogen-bond acceptors (Lipinski definition) is 5. The van der Waals surface area contributed by atoms with E-state index in [1.54, 1.807) is 24.3 Å². The molecule has 154 valence electrons. The first-order valence-corrected chi connectivity index (χ1v) is 10.2. The second kappa shape index (κ2) is 8.19. The van der Waals surface area contributed by atoms with Gasteiger partial charge < -0.3 is 10.2 Å². The van der Waals surface area contributed by atoms with E-state index >= 15 is 0 Å². The first-order chi connectivity index (χ1) is 14.4. The number of thiophene rings is 1. The summed E-state index contributed by atoms with van der Waals surface area (Å²) in [6, 6.07) is 7.55. The molecule has 0 radical (unpaired) electrons. The highest BCUT2D eigenvalue weighted by molar-refractivity contribution is 7.11. The highest BCUT2D eigenvalue weighted by atomic mass is 32.1. The number of benzene rings is 1. The van der Waals surface area contributed by atoms with Crippen molar-refractivity contribution in [3.8, 4) is 0 Å². The third kappa shape index (κ3) is 4.16. The summed E-state index contributed by atoms with van der Waals surface area (Å²) in [6.07, 6.45) is 3.41. The van der Waals surface area contributed by atoms with Gasteiger partial charge in [-0.25, -0.2) is 0 Å². The number of rotatable bonds is 5. The molecule has 7 nitrogen and oxygen atoms in total. The zero-order valence-electron chi connectivity index (χ0n) is 15.8. The molecule has 1 atom stereocenters. The second-order valence-electron chi connectivity index (χ2n) is 7.08. The van der Waals surface area contributed by atoms with E-state index < -0.39 is 11.9 Å². The molecule has 0 saturated carbocycles. The van der Waals surface area contributed by atoms with Gasteiger partial charge in [0.1, 0.15) is 6.04 Å². The van der Waals surface area contributed by atoms with E-state index in [1.165, 1.54) is 17.0 Å². The van der Waals surface area contributed by atoms with Crippen molar-refractivity contribution in [3.63, 3.8) is 0 Å². The highest BCUT2D eigenvalue weighted by Crippen LogP contribution is 2.28. The first kappa shape index (κ1) is 20.0. The standard InChI is InChI=1S/C21H18FN3O4S/c22-17-6-2-14(30-17)3-7-18(26)23-10-12-1-4-15-13(9-12)11-25(21(15)29)16-5-8-19(27)24-20(16)28/h1-4,6-7,9,16H,5,8,10-11H2,(H,23,26)(H,24,27,28). The maximum absolute atomic E-state index is 13.0. The van der Waals surface area contributed by atoms with Crippen molar-refractivity contribution in [2.75, 3.05) is 0 Å². The normalized spacial score (nSPS) is 18.6. The molecule has 1 fully saturated rings. The molecule has 30 heavy (non-hydrogen) atoms. The van der Waals surface area contributed by atoms with Crippen LogP contribution < -0.4 is 10.6 Å². The van der Waals surface area contributed by atoms with Gasteiger partial charge in [-0.2, -0.15) is 4.39 Å². The van der Waals surface area contributed by atoms with Crippen LogP contribution in [0.5, 0.6) is 0 Å². The molecule has 2 aromatic rings. The Kier molecular flexibility index (Phi) is 5.45. The van der Waals surface area contributed by atoms with Crippen LogP contribution in [0, 0.1) is 5.13 Å². The van der Waals surface area contributed by atoms with Crippen LogP contribution in [0.2, 0.25) is 0 Å². The van der Waals surface area contributed by atoms with Gasteiger partial charge in [0.2, 0.25) is 17.7 Å². The Labute approximate surface area is 175 Å². The van der Waals surface area contributed by atoms with E-state index in [4.69, 9.17) is 0 Å². The molecule has 9 heteroatoms. The third-order valence-electron chi connectivity index (χ3n) is 5.05. The summed E-state index contributed by atoms with van der Waals surface area (Å²) in [5, 5.41) is 4.72. The monoisotopic (exact) mass is 427 g/mol. The maximum Gasteiger partial charge on any atom is 0.255 e. The number of amides is 4. The van der Waals surface area contributed by atoms with Gasteiger partial charge in [0.25, 0.3) is 5.91 Å². The lowest BCUT2D eigenvalue weighted by atomic mass is 10.0. The smallest absolute Gasteiger partial charge is 0.255 e. The number of fused-ring (bicyclic) bond motifs is 1. The molecule has 4 rings (SSSR count). The molecule has 3 heterocycles. The lowest BCUT2D eigenvalue weighted by Gasteiger charge is -2.29. The van der Waals surface area contributed by atoms with Gasteiger partial charge in [-0.15, -0.1) is 11.3 Å². The summed E-state index contributed by atoms with van der Waals surface area (Å²) in [4.78, 5) is 50.2. The van der Waals surface area contributed by atoms with Crippen LogP contribution in [0.3, 0.4) is 0 Å². The fourth-order valence-corrected chi connectivity index (χ4v) is 4.19. The molecule has 2 aliphatic rings. The maximum atomic E-state index is 13.0. The fraction of sp³-hybridized carbons (Fsp3) is 0.238. The average Bonchev–Trinajstić information content (AvgIpc) is 3.27. The minimum Gasteiger partial charge on any atom is -0.348 e. The van der Waals surface area contributed by atoms with Crippen molar-refractivity contribution >= 4 is 41.0 Å².